The van der Waals surface area contributed by atoms with Crippen molar-refractivity contribution in [3.8, 4) is 0 Å². The van der Waals surface area contributed by atoms with Gasteiger partial charge in [0, 0.05) is 10.7 Å². The van der Waals surface area contributed by atoms with Crippen LogP contribution >= 0.6 is 15.9 Å². The highest BCUT2D eigenvalue weighted by Crippen LogP contribution is 2.08. The number of fused-ring (bicyclic) bond motifs is 1. The third-order valence-electron chi connectivity index (χ3n) is 1.33. The van der Waals surface area contributed by atoms with Crippen LogP contribution in [-0.4, -0.2) is 14.6 Å². The van der Waals surface area contributed by atoms with Crippen molar-refractivity contribution in [2.75, 3.05) is 0 Å². The summed E-state index contributed by atoms with van der Waals surface area (Å²) in [6.45, 7) is 0. The van der Waals surface area contributed by atoms with Gasteiger partial charge in [0.15, 0.2) is 5.65 Å². The van der Waals surface area contributed by atoms with E-state index in [2.05, 4.69) is 26.0 Å². The summed E-state index contributed by atoms with van der Waals surface area (Å²) in [5.41, 5.74) is 0.285. The fraction of sp³-hybridized carbons (Fsp3) is 0. The third kappa shape index (κ3) is 1.07. The van der Waals surface area contributed by atoms with E-state index in [-0.39, 0.29) is 5.69 Å². The number of aromatic amines is 1. The van der Waals surface area contributed by atoms with Crippen LogP contribution in [0.1, 0.15) is 0 Å². The molecule has 1 N–H and O–H groups in total. The molecule has 4 nitrogen and oxygen atoms in total. The van der Waals surface area contributed by atoms with Gasteiger partial charge in [0.25, 0.3) is 0 Å². The second kappa shape index (κ2) is 2.20. The fourth-order valence-electron chi connectivity index (χ4n) is 0.876. The summed E-state index contributed by atoms with van der Waals surface area (Å²) < 4.78 is 2.47. The molecule has 0 fully saturated rings. The van der Waals surface area contributed by atoms with Gasteiger partial charge in [0.1, 0.15) is 0 Å². The van der Waals surface area contributed by atoms with Crippen LogP contribution in [0.3, 0.4) is 0 Å². The standard InChI is InChI=1S/C6H4BrN3O/c7-4-1-2-10-5(3-4)8-6(11)9-10/h1-3H,(H,9,11). The Kier molecular flexibility index (Phi) is 1.32. The van der Waals surface area contributed by atoms with E-state index in [1.54, 1.807) is 16.8 Å². The zero-order chi connectivity index (χ0) is 7.84. The van der Waals surface area contributed by atoms with E-state index >= 15 is 0 Å². The molecule has 2 heterocycles. The molecule has 0 aliphatic heterocycles. The van der Waals surface area contributed by atoms with Crippen molar-refractivity contribution in [1.82, 2.24) is 14.6 Å². The van der Waals surface area contributed by atoms with Crippen LogP contribution in [0, 0.1) is 0 Å². The first kappa shape index (κ1) is 6.60. The van der Waals surface area contributed by atoms with Gasteiger partial charge >= 0.3 is 5.69 Å². The zero-order valence-electron chi connectivity index (χ0n) is 5.41. The molecule has 2 aromatic rings. The Hall–Kier alpha value is -1.10. The maximum Gasteiger partial charge on any atom is 0.362 e. The molecule has 0 spiro atoms. The molecule has 11 heavy (non-hydrogen) atoms. The molecule has 0 radical (unpaired) electrons. The molecule has 0 aromatic carbocycles. The molecule has 0 saturated carbocycles. The average molecular weight is 214 g/mol. The quantitative estimate of drug-likeness (QED) is 0.704. The first-order chi connectivity index (χ1) is 5.25. The van der Waals surface area contributed by atoms with Gasteiger partial charge in [0.05, 0.1) is 0 Å². The number of aromatic nitrogens is 3. The lowest BCUT2D eigenvalue weighted by Gasteiger charge is -1.90. The van der Waals surface area contributed by atoms with Gasteiger partial charge < -0.3 is 0 Å². The molecule has 2 rings (SSSR count). The Balaban J connectivity index is 2.92. The summed E-state index contributed by atoms with van der Waals surface area (Å²) >= 11 is 3.27. The van der Waals surface area contributed by atoms with E-state index in [1.807, 2.05) is 6.07 Å². The molecule has 0 bridgehead atoms. The number of pyridine rings is 1. The summed E-state index contributed by atoms with van der Waals surface area (Å²) in [4.78, 5) is 14.4. The monoisotopic (exact) mass is 213 g/mol. The van der Waals surface area contributed by atoms with Crippen LogP contribution in [-0.2, 0) is 0 Å². The number of hydrogen-bond acceptors (Lipinski definition) is 2. The van der Waals surface area contributed by atoms with Crippen molar-refractivity contribution in [3.05, 3.63) is 33.3 Å². The Morgan fingerprint density at radius 2 is 2.45 bits per heavy atom. The van der Waals surface area contributed by atoms with Crippen LogP contribution in [0.4, 0.5) is 0 Å². The molecule has 0 aliphatic rings. The summed E-state index contributed by atoms with van der Waals surface area (Å²) in [6.07, 6.45) is 1.73. The first-order valence-electron chi connectivity index (χ1n) is 3.00. The maximum absolute atomic E-state index is 10.7. The zero-order valence-corrected chi connectivity index (χ0v) is 7.00. The van der Waals surface area contributed by atoms with Gasteiger partial charge in [-0.3, -0.25) is 0 Å². The van der Waals surface area contributed by atoms with Crippen LogP contribution in [0.2, 0.25) is 0 Å². The van der Waals surface area contributed by atoms with Crippen LogP contribution in [0.5, 0.6) is 0 Å². The van der Waals surface area contributed by atoms with Crippen LogP contribution in [0.25, 0.3) is 5.65 Å². The van der Waals surface area contributed by atoms with Gasteiger partial charge in [-0.15, -0.1) is 0 Å². The predicted octanol–water partition coefficient (Wildman–Crippen LogP) is 0.785. The molecular formula is C6H4BrN3O. The Labute approximate surface area is 70.0 Å². The van der Waals surface area contributed by atoms with E-state index in [0.29, 0.717) is 5.65 Å². The van der Waals surface area contributed by atoms with Crippen molar-refractivity contribution in [3.63, 3.8) is 0 Å². The number of halogens is 1. The lowest BCUT2D eigenvalue weighted by Crippen LogP contribution is -2.01. The minimum absolute atomic E-state index is 0.330. The Bertz CT molecular complexity index is 444. The van der Waals surface area contributed by atoms with E-state index < -0.39 is 0 Å². The largest absolute Gasteiger partial charge is 0.362 e. The summed E-state index contributed by atoms with van der Waals surface area (Å²) in [5.74, 6) is 0. The van der Waals surface area contributed by atoms with Crippen molar-refractivity contribution >= 4 is 21.6 Å². The molecule has 5 heteroatoms. The van der Waals surface area contributed by atoms with Gasteiger partial charge in [-0.05, 0) is 12.1 Å². The van der Waals surface area contributed by atoms with Crippen molar-refractivity contribution in [2.45, 2.75) is 0 Å². The van der Waals surface area contributed by atoms with E-state index in [0.717, 1.165) is 4.47 Å². The smallest absolute Gasteiger partial charge is 0.244 e. The first-order valence-corrected chi connectivity index (χ1v) is 3.79. The second-order valence-corrected chi connectivity index (χ2v) is 3.02. The third-order valence-corrected chi connectivity index (χ3v) is 1.82. The number of H-pyrrole nitrogens is 1. The number of hydrogen-bond donors (Lipinski definition) is 1. The number of nitrogens with one attached hydrogen (secondary N) is 1. The SMILES string of the molecule is O=c1nc2cc(Br)ccn2[nH]1. The molecule has 0 amide bonds. The lowest BCUT2D eigenvalue weighted by molar-refractivity contribution is 0.934. The highest BCUT2D eigenvalue weighted by molar-refractivity contribution is 9.10. The predicted molar refractivity (Wildman–Crippen MR) is 43.5 cm³/mol. The van der Waals surface area contributed by atoms with E-state index in [4.69, 9.17) is 0 Å². The highest BCUT2D eigenvalue weighted by Gasteiger charge is 1.95. The lowest BCUT2D eigenvalue weighted by atomic mass is 10.5. The van der Waals surface area contributed by atoms with Gasteiger partial charge in [-0.2, -0.15) is 4.98 Å². The summed E-state index contributed by atoms with van der Waals surface area (Å²) in [5, 5.41) is 2.51. The Morgan fingerprint density at radius 3 is 3.27 bits per heavy atom. The van der Waals surface area contributed by atoms with Gasteiger partial charge in [-0.1, -0.05) is 15.9 Å². The minimum atomic E-state index is -0.330. The second-order valence-electron chi connectivity index (χ2n) is 2.10. The molecule has 56 valence electrons. The summed E-state index contributed by atoms with van der Waals surface area (Å²) in [6, 6.07) is 3.59. The van der Waals surface area contributed by atoms with Gasteiger partial charge in [-0.25, -0.2) is 14.4 Å². The van der Waals surface area contributed by atoms with Gasteiger partial charge in [0.2, 0.25) is 0 Å². The van der Waals surface area contributed by atoms with Crippen molar-refractivity contribution < 1.29 is 0 Å². The molecule has 2 aromatic heterocycles. The minimum Gasteiger partial charge on any atom is -0.244 e. The molecule has 0 atom stereocenters. The fourth-order valence-corrected chi connectivity index (χ4v) is 1.20. The molecule has 0 unspecified atom stereocenters. The Morgan fingerprint density at radius 1 is 1.64 bits per heavy atom. The van der Waals surface area contributed by atoms with E-state index in [9.17, 15) is 4.79 Å². The number of nitrogens with zero attached hydrogens (tertiary/aromatic N) is 2. The molecular weight excluding hydrogens is 210 g/mol. The van der Waals surface area contributed by atoms with E-state index in [1.165, 1.54) is 0 Å². The topological polar surface area (TPSA) is 50.2 Å². The van der Waals surface area contributed by atoms with Crippen LogP contribution < -0.4 is 5.69 Å². The van der Waals surface area contributed by atoms with Crippen LogP contribution in [0.15, 0.2) is 27.6 Å². The molecule has 0 aliphatic carbocycles. The highest BCUT2D eigenvalue weighted by atomic mass is 79.9. The summed E-state index contributed by atoms with van der Waals surface area (Å²) in [7, 11) is 0. The number of rotatable bonds is 0. The molecule has 0 saturated heterocycles. The van der Waals surface area contributed by atoms with Crippen molar-refractivity contribution in [1.29, 1.82) is 0 Å². The maximum atomic E-state index is 10.7. The van der Waals surface area contributed by atoms with Crippen molar-refractivity contribution in [2.24, 2.45) is 0 Å². The normalized spacial score (nSPS) is 10.6. The average Bonchev–Trinajstić information content (AvgIpc) is 2.27.